The Bertz CT molecular complexity index is 495. The third kappa shape index (κ3) is 3.84. The minimum absolute atomic E-state index is 0.166. The quantitative estimate of drug-likeness (QED) is 0.490. The Morgan fingerprint density at radius 1 is 1.21 bits per heavy atom. The molecule has 0 aliphatic carbocycles. The summed E-state index contributed by atoms with van der Waals surface area (Å²) in [6, 6.07) is 2.65. The van der Waals surface area contributed by atoms with Gasteiger partial charge >= 0.3 is 6.18 Å². The second-order valence-electron chi connectivity index (χ2n) is 5.07. The zero-order valence-electron chi connectivity index (χ0n) is 10.7. The van der Waals surface area contributed by atoms with Gasteiger partial charge in [-0.3, -0.25) is 9.80 Å². The van der Waals surface area contributed by atoms with Crippen LogP contribution >= 0.6 is 11.6 Å². The van der Waals surface area contributed by atoms with Gasteiger partial charge in [0.1, 0.15) is 0 Å². The predicted molar refractivity (Wildman–Crippen MR) is 66.6 cm³/mol. The number of nitrogens with zero attached hydrogens (tertiary/aromatic N) is 1. The summed E-state index contributed by atoms with van der Waals surface area (Å²) in [7, 11) is 0. The molecule has 0 aliphatic rings. The molecule has 0 saturated heterocycles. The summed E-state index contributed by atoms with van der Waals surface area (Å²) in [5, 5.41) is 0.708. The standard InChI is InChI=1S/C12H14ClF3N2O/c1-11(2,3)18(17)10(19)7-4-8(12(14,15)16)6-9(13)5-7/h4-6H,17H2,1-3H3. The van der Waals surface area contributed by atoms with Crippen molar-refractivity contribution in [1.82, 2.24) is 5.01 Å². The first-order valence-corrected chi connectivity index (χ1v) is 5.78. The monoisotopic (exact) mass is 294 g/mol. The molecule has 1 aromatic carbocycles. The number of nitrogens with two attached hydrogens (primary N) is 1. The average Bonchev–Trinajstić information content (AvgIpc) is 2.23. The van der Waals surface area contributed by atoms with Crippen molar-refractivity contribution in [2.45, 2.75) is 32.5 Å². The zero-order chi connectivity index (χ0) is 15.0. The lowest BCUT2D eigenvalue weighted by molar-refractivity contribution is -0.137. The first kappa shape index (κ1) is 15.8. The largest absolute Gasteiger partial charge is 0.416 e. The third-order valence-corrected chi connectivity index (χ3v) is 2.63. The molecule has 0 fully saturated rings. The summed E-state index contributed by atoms with van der Waals surface area (Å²) in [5.74, 6) is 4.87. The van der Waals surface area contributed by atoms with Crippen LogP contribution in [-0.2, 0) is 6.18 Å². The molecule has 3 nitrogen and oxygen atoms in total. The van der Waals surface area contributed by atoms with Crippen LogP contribution in [0.3, 0.4) is 0 Å². The van der Waals surface area contributed by atoms with Crippen molar-refractivity contribution in [2.24, 2.45) is 5.84 Å². The van der Waals surface area contributed by atoms with Crippen molar-refractivity contribution < 1.29 is 18.0 Å². The molecule has 7 heteroatoms. The topological polar surface area (TPSA) is 46.3 Å². The van der Waals surface area contributed by atoms with E-state index >= 15 is 0 Å². The van der Waals surface area contributed by atoms with Crippen LogP contribution in [0.4, 0.5) is 13.2 Å². The number of amides is 1. The normalized spacial score (nSPS) is 12.4. The summed E-state index contributed by atoms with van der Waals surface area (Å²) in [6.45, 7) is 5.00. The summed E-state index contributed by atoms with van der Waals surface area (Å²) in [5.41, 5.74) is -1.89. The number of carbonyl (C=O) groups excluding carboxylic acids is 1. The van der Waals surface area contributed by atoms with Gasteiger partial charge in [-0.15, -0.1) is 0 Å². The van der Waals surface area contributed by atoms with Crippen molar-refractivity contribution in [3.05, 3.63) is 34.3 Å². The Kier molecular flexibility index (Phi) is 4.17. The first-order chi connectivity index (χ1) is 8.43. The number of rotatable bonds is 1. The summed E-state index contributed by atoms with van der Waals surface area (Å²) >= 11 is 5.61. The van der Waals surface area contributed by atoms with Gasteiger partial charge in [0.15, 0.2) is 0 Å². The van der Waals surface area contributed by atoms with Crippen molar-refractivity contribution in [2.75, 3.05) is 0 Å². The molecule has 106 valence electrons. The molecule has 0 aliphatic heterocycles. The number of hydrogen-bond acceptors (Lipinski definition) is 2. The lowest BCUT2D eigenvalue weighted by Crippen LogP contribution is -2.50. The molecule has 0 atom stereocenters. The highest BCUT2D eigenvalue weighted by molar-refractivity contribution is 6.31. The average molecular weight is 295 g/mol. The van der Waals surface area contributed by atoms with E-state index in [0.29, 0.717) is 0 Å². The molecular formula is C12H14ClF3N2O. The highest BCUT2D eigenvalue weighted by Gasteiger charge is 2.33. The minimum Gasteiger partial charge on any atom is -0.271 e. The maximum atomic E-state index is 12.6. The van der Waals surface area contributed by atoms with E-state index in [2.05, 4.69) is 0 Å². The minimum atomic E-state index is -4.57. The number of benzene rings is 1. The maximum absolute atomic E-state index is 12.6. The fourth-order valence-corrected chi connectivity index (χ4v) is 1.56. The number of hydrazine groups is 1. The van der Waals surface area contributed by atoms with Gasteiger partial charge < -0.3 is 0 Å². The van der Waals surface area contributed by atoms with Crippen LogP contribution in [0, 0.1) is 0 Å². The Morgan fingerprint density at radius 2 is 1.74 bits per heavy atom. The highest BCUT2D eigenvalue weighted by atomic mass is 35.5. The molecule has 0 saturated carbocycles. The number of alkyl halides is 3. The molecule has 1 amide bonds. The Morgan fingerprint density at radius 3 is 2.16 bits per heavy atom. The van der Waals surface area contributed by atoms with Crippen molar-refractivity contribution in [1.29, 1.82) is 0 Å². The van der Waals surface area contributed by atoms with Gasteiger partial charge in [-0.25, -0.2) is 5.84 Å². The molecule has 1 rings (SSSR count). The third-order valence-electron chi connectivity index (χ3n) is 2.41. The van der Waals surface area contributed by atoms with Crippen molar-refractivity contribution in [3.8, 4) is 0 Å². The lowest BCUT2D eigenvalue weighted by Gasteiger charge is -2.31. The van der Waals surface area contributed by atoms with Crippen LogP contribution in [0.5, 0.6) is 0 Å². The fraction of sp³-hybridized carbons (Fsp3) is 0.417. The zero-order valence-corrected chi connectivity index (χ0v) is 11.4. The van der Waals surface area contributed by atoms with Gasteiger partial charge in [-0.05, 0) is 39.0 Å². The number of hydrogen-bond donors (Lipinski definition) is 1. The molecule has 0 bridgehead atoms. The molecule has 2 N–H and O–H groups in total. The van der Waals surface area contributed by atoms with E-state index in [0.717, 1.165) is 23.2 Å². The van der Waals surface area contributed by atoms with Crippen molar-refractivity contribution in [3.63, 3.8) is 0 Å². The van der Waals surface area contributed by atoms with Crippen LogP contribution in [0.2, 0.25) is 5.02 Å². The summed E-state index contributed by atoms with van der Waals surface area (Å²) < 4.78 is 37.9. The number of carbonyl (C=O) groups is 1. The van der Waals surface area contributed by atoms with E-state index in [1.807, 2.05) is 0 Å². The van der Waals surface area contributed by atoms with Gasteiger partial charge in [0.2, 0.25) is 0 Å². The van der Waals surface area contributed by atoms with Gasteiger partial charge in [-0.1, -0.05) is 11.6 Å². The Labute approximate surface area is 114 Å². The predicted octanol–water partition coefficient (Wildman–Crippen LogP) is 3.47. The second kappa shape index (κ2) is 5.02. The van der Waals surface area contributed by atoms with E-state index in [1.54, 1.807) is 20.8 Å². The van der Waals surface area contributed by atoms with Crippen LogP contribution in [-0.4, -0.2) is 16.5 Å². The Balaban J connectivity index is 3.22. The Hall–Kier alpha value is -1.27. The van der Waals surface area contributed by atoms with E-state index in [9.17, 15) is 18.0 Å². The maximum Gasteiger partial charge on any atom is 0.416 e. The second-order valence-corrected chi connectivity index (χ2v) is 5.51. The molecule has 0 unspecified atom stereocenters. The van der Waals surface area contributed by atoms with E-state index < -0.39 is 23.2 Å². The summed E-state index contributed by atoms with van der Waals surface area (Å²) in [4.78, 5) is 12.0. The van der Waals surface area contributed by atoms with Gasteiger partial charge in [0.05, 0.1) is 11.1 Å². The molecule has 1 aromatic rings. The molecule has 0 spiro atoms. The summed E-state index contributed by atoms with van der Waals surface area (Å²) in [6.07, 6.45) is -4.57. The van der Waals surface area contributed by atoms with Gasteiger partial charge in [-0.2, -0.15) is 13.2 Å². The molecular weight excluding hydrogens is 281 g/mol. The van der Waals surface area contributed by atoms with Crippen LogP contribution < -0.4 is 5.84 Å². The van der Waals surface area contributed by atoms with Crippen molar-refractivity contribution >= 4 is 17.5 Å². The van der Waals surface area contributed by atoms with Crippen LogP contribution in [0.25, 0.3) is 0 Å². The van der Waals surface area contributed by atoms with Gasteiger partial charge in [0, 0.05) is 10.6 Å². The molecule has 19 heavy (non-hydrogen) atoms. The van der Waals surface area contributed by atoms with Crippen LogP contribution in [0.1, 0.15) is 36.7 Å². The molecule has 0 radical (unpaired) electrons. The van der Waals surface area contributed by atoms with Gasteiger partial charge in [0.25, 0.3) is 5.91 Å². The smallest absolute Gasteiger partial charge is 0.271 e. The van der Waals surface area contributed by atoms with Crippen LogP contribution in [0.15, 0.2) is 18.2 Å². The first-order valence-electron chi connectivity index (χ1n) is 5.40. The SMILES string of the molecule is CC(C)(C)N(N)C(=O)c1cc(Cl)cc(C(F)(F)F)c1. The lowest BCUT2D eigenvalue weighted by atomic mass is 10.1. The van der Waals surface area contributed by atoms with E-state index in [4.69, 9.17) is 17.4 Å². The molecule has 0 heterocycles. The van der Waals surface area contributed by atoms with E-state index in [-0.39, 0.29) is 10.6 Å². The molecule has 0 aromatic heterocycles. The van der Waals surface area contributed by atoms with E-state index in [1.165, 1.54) is 0 Å². The highest BCUT2D eigenvalue weighted by Crippen LogP contribution is 2.32. The number of halogens is 4. The fourth-order valence-electron chi connectivity index (χ4n) is 1.32.